The molecule has 0 aliphatic carbocycles. The fourth-order valence-electron chi connectivity index (χ4n) is 1.26. The molecule has 1 rings (SSSR count). The third-order valence-corrected chi connectivity index (χ3v) is 4.15. The number of benzene rings is 1. The molecule has 0 saturated carbocycles. The van der Waals surface area contributed by atoms with Crippen molar-refractivity contribution >= 4 is 34.1 Å². The quantitative estimate of drug-likeness (QED) is 0.797. The maximum atomic E-state index is 12.6. The van der Waals surface area contributed by atoms with Crippen LogP contribution < -0.4 is 0 Å². The number of ketones is 1. The third kappa shape index (κ3) is 4.50. The molecule has 0 radical (unpaired) electrons. The molecule has 0 fully saturated rings. The van der Waals surface area contributed by atoms with Crippen LogP contribution in [0.15, 0.2) is 30.3 Å². The Morgan fingerprint density at radius 1 is 1.26 bits per heavy atom. The minimum absolute atomic E-state index is 0.228. The van der Waals surface area contributed by atoms with E-state index >= 15 is 0 Å². The molecule has 1 aromatic carbocycles. The number of carbonyl (C=O) groups is 1. The highest BCUT2D eigenvalue weighted by Gasteiger charge is 2.44. The number of halogens is 3. The smallest absolute Gasteiger partial charge is 0.364 e. The van der Waals surface area contributed by atoms with Gasteiger partial charge >= 0.3 is 6.18 Å². The van der Waals surface area contributed by atoms with E-state index in [1.54, 1.807) is 32.3 Å². The van der Waals surface area contributed by atoms with Gasteiger partial charge in [0.25, 0.3) is 5.78 Å². The standard InChI is InChI=1S/C12H12F3NOS2/c1-16(2)11(18)19-9(10(17)12(13,14)15)8-6-4-3-5-7-8/h3-7,9H,1-2H3. The molecule has 0 saturated heterocycles. The molecule has 0 spiro atoms. The number of hydrogen-bond donors (Lipinski definition) is 0. The van der Waals surface area contributed by atoms with Crippen molar-refractivity contribution in [3.8, 4) is 0 Å². The van der Waals surface area contributed by atoms with E-state index in [2.05, 4.69) is 0 Å². The first-order valence-electron chi connectivity index (χ1n) is 5.27. The number of Topliss-reactive ketones (excluding diaryl/α,β-unsaturated/α-hetero) is 1. The predicted octanol–water partition coefficient (Wildman–Crippen LogP) is 3.44. The van der Waals surface area contributed by atoms with Crippen molar-refractivity contribution in [2.75, 3.05) is 14.1 Å². The van der Waals surface area contributed by atoms with Crippen LogP contribution in [0.2, 0.25) is 0 Å². The van der Waals surface area contributed by atoms with Crippen molar-refractivity contribution in [3.05, 3.63) is 35.9 Å². The summed E-state index contributed by atoms with van der Waals surface area (Å²) in [7, 11) is 3.24. The largest absolute Gasteiger partial charge is 0.451 e. The summed E-state index contributed by atoms with van der Waals surface area (Å²) in [4.78, 5) is 13.0. The van der Waals surface area contributed by atoms with E-state index in [0.29, 0.717) is 5.56 Å². The average molecular weight is 307 g/mol. The van der Waals surface area contributed by atoms with Crippen LogP contribution in [0.5, 0.6) is 0 Å². The van der Waals surface area contributed by atoms with Gasteiger partial charge in [0.05, 0.1) is 0 Å². The maximum Gasteiger partial charge on any atom is 0.451 e. The summed E-state index contributed by atoms with van der Waals surface area (Å²) in [5, 5.41) is -1.36. The molecule has 1 unspecified atom stereocenters. The summed E-state index contributed by atoms with van der Waals surface area (Å²) in [6.07, 6.45) is -4.88. The van der Waals surface area contributed by atoms with Gasteiger partial charge in [-0.15, -0.1) is 0 Å². The molecule has 0 heterocycles. The van der Waals surface area contributed by atoms with Crippen molar-refractivity contribution in [2.45, 2.75) is 11.4 Å². The Morgan fingerprint density at radius 3 is 2.21 bits per heavy atom. The lowest BCUT2D eigenvalue weighted by atomic mass is 10.1. The van der Waals surface area contributed by atoms with E-state index in [1.165, 1.54) is 17.0 Å². The monoisotopic (exact) mass is 307 g/mol. The van der Waals surface area contributed by atoms with Crippen LogP contribution in [0.25, 0.3) is 0 Å². The first kappa shape index (κ1) is 16.0. The minimum Gasteiger partial charge on any atom is -0.364 e. The van der Waals surface area contributed by atoms with Crippen molar-refractivity contribution in [1.82, 2.24) is 4.90 Å². The Kier molecular flexibility index (Phi) is 5.37. The van der Waals surface area contributed by atoms with Crippen LogP contribution in [0.4, 0.5) is 13.2 Å². The zero-order valence-electron chi connectivity index (χ0n) is 10.3. The Balaban J connectivity index is 3.06. The van der Waals surface area contributed by atoms with Crippen LogP contribution in [0.1, 0.15) is 10.8 Å². The van der Waals surface area contributed by atoms with Crippen molar-refractivity contribution in [2.24, 2.45) is 0 Å². The minimum atomic E-state index is -4.88. The van der Waals surface area contributed by atoms with Gasteiger partial charge in [-0.05, 0) is 5.56 Å². The number of thiocarbonyl (C=S) groups is 1. The number of carbonyl (C=O) groups excluding carboxylic acids is 1. The van der Waals surface area contributed by atoms with Crippen molar-refractivity contribution < 1.29 is 18.0 Å². The second-order valence-electron chi connectivity index (χ2n) is 3.93. The average Bonchev–Trinajstić information content (AvgIpc) is 2.34. The molecular weight excluding hydrogens is 295 g/mol. The summed E-state index contributed by atoms with van der Waals surface area (Å²) < 4.78 is 38.1. The molecule has 0 aliphatic rings. The molecule has 0 amide bonds. The molecular formula is C12H12F3NOS2. The van der Waals surface area contributed by atoms with Crippen LogP contribution in [0.3, 0.4) is 0 Å². The topological polar surface area (TPSA) is 20.3 Å². The molecule has 2 nitrogen and oxygen atoms in total. The SMILES string of the molecule is CN(C)C(=S)SC(C(=O)C(F)(F)F)c1ccccc1. The first-order chi connectivity index (χ1) is 8.73. The van der Waals surface area contributed by atoms with Crippen LogP contribution in [0, 0.1) is 0 Å². The Morgan fingerprint density at radius 2 is 1.79 bits per heavy atom. The van der Waals surface area contributed by atoms with E-state index in [0.717, 1.165) is 11.8 Å². The highest BCUT2D eigenvalue weighted by Crippen LogP contribution is 2.37. The normalized spacial score (nSPS) is 12.9. The molecule has 104 valence electrons. The molecule has 19 heavy (non-hydrogen) atoms. The summed E-state index contributed by atoms with van der Waals surface area (Å²) in [6, 6.07) is 7.82. The maximum absolute atomic E-state index is 12.6. The molecule has 1 atom stereocenters. The van der Waals surface area contributed by atoms with Gasteiger partial charge in [0.15, 0.2) is 0 Å². The van der Waals surface area contributed by atoms with E-state index in [9.17, 15) is 18.0 Å². The third-order valence-electron chi connectivity index (χ3n) is 2.20. The zero-order valence-corrected chi connectivity index (χ0v) is 11.9. The molecule has 0 aromatic heterocycles. The van der Waals surface area contributed by atoms with Gasteiger partial charge in [-0.3, -0.25) is 4.79 Å². The highest BCUT2D eigenvalue weighted by molar-refractivity contribution is 8.23. The lowest BCUT2D eigenvalue weighted by Gasteiger charge is -2.20. The predicted molar refractivity (Wildman–Crippen MR) is 74.1 cm³/mol. The van der Waals surface area contributed by atoms with Crippen LogP contribution in [-0.4, -0.2) is 35.3 Å². The van der Waals surface area contributed by atoms with Crippen LogP contribution in [-0.2, 0) is 4.79 Å². The van der Waals surface area contributed by atoms with E-state index in [4.69, 9.17) is 12.2 Å². The van der Waals surface area contributed by atoms with Gasteiger partial charge in [0.1, 0.15) is 9.57 Å². The molecule has 0 N–H and O–H groups in total. The van der Waals surface area contributed by atoms with Gasteiger partial charge in [0, 0.05) is 14.1 Å². The molecule has 7 heteroatoms. The van der Waals surface area contributed by atoms with Crippen LogP contribution >= 0.6 is 24.0 Å². The van der Waals surface area contributed by atoms with Crippen molar-refractivity contribution in [1.29, 1.82) is 0 Å². The summed E-state index contributed by atoms with van der Waals surface area (Å²) >= 11 is 5.69. The Labute approximate surface area is 119 Å². The summed E-state index contributed by atoms with van der Waals surface area (Å²) in [5.41, 5.74) is 0.291. The number of thioether (sulfide) groups is 1. The Hall–Kier alpha value is -1.08. The van der Waals surface area contributed by atoms with E-state index < -0.39 is 17.2 Å². The van der Waals surface area contributed by atoms with Gasteiger partial charge in [-0.2, -0.15) is 13.2 Å². The summed E-state index contributed by atoms with van der Waals surface area (Å²) in [5.74, 6) is -1.80. The second kappa shape index (κ2) is 6.38. The highest BCUT2D eigenvalue weighted by atomic mass is 32.2. The number of hydrogen-bond acceptors (Lipinski definition) is 3. The fourth-order valence-corrected chi connectivity index (χ4v) is 2.49. The first-order valence-corrected chi connectivity index (χ1v) is 6.56. The van der Waals surface area contributed by atoms with Crippen molar-refractivity contribution in [3.63, 3.8) is 0 Å². The summed E-state index contributed by atoms with van der Waals surface area (Å²) in [6.45, 7) is 0. The molecule has 0 bridgehead atoms. The van der Waals surface area contributed by atoms with Gasteiger partial charge in [0.2, 0.25) is 0 Å². The fraction of sp³-hybridized carbons (Fsp3) is 0.333. The lowest BCUT2D eigenvalue weighted by molar-refractivity contribution is -0.170. The number of rotatable bonds is 3. The number of alkyl halides is 3. The number of nitrogens with zero attached hydrogens (tertiary/aromatic N) is 1. The van der Waals surface area contributed by atoms with Gasteiger partial charge < -0.3 is 4.90 Å². The lowest BCUT2D eigenvalue weighted by Crippen LogP contribution is -2.29. The molecule has 0 aliphatic heterocycles. The zero-order chi connectivity index (χ0) is 14.6. The Bertz CT molecular complexity index is 460. The van der Waals surface area contributed by atoms with Gasteiger partial charge in [-0.25, -0.2) is 0 Å². The van der Waals surface area contributed by atoms with E-state index in [1.807, 2.05) is 0 Å². The second-order valence-corrected chi connectivity index (χ2v) is 5.67. The van der Waals surface area contributed by atoms with Gasteiger partial charge in [-0.1, -0.05) is 54.3 Å². The molecule has 1 aromatic rings. The van der Waals surface area contributed by atoms with E-state index in [-0.39, 0.29) is 4.32 Å².